The van der Waals surface area contributed by atoms with Gasteiger partial charge >= 0.3 is 0 Å². The summed E-state index contributed by atoms with van der Waals surface area (Å²) in [4.78, 5) is 0. The molecule has 0 unspecified atom stereocenters. The molecule has 2 atom stereocenters. The lowest BCUT2D eigenvalue weighted by molar-refractivity contribution is -0.145. The van der Waals surface area contributed by atoms with Crippen LogP contribution in [-0.4, -0.2) is 27.8 Å². The van der Waals surface area contributed by atoms with Crippen LogP contribution in [0.25, 0.3) is 0 Å². The van der Waals surface area contributed by atoms with Gasteiger partial charge in [-0.2, -0.15) is 0 Å². The Morgan fingerprint density at radius 2 is 1.91 bits per heavy atom. The van der Waals surface area contributed by atoms with Crippen LogP contribution in [-0.2, 0) is 15.7 Å². The van der Waals surface area contributed by atoms with Crippen molar-refractivity contribution >= 4 is 22.6 Å². The van der Waals surface area contributed by atoms with Crippen LogP contribution >= 0.6 is 11.6 Å². The molecule has 1 aromatic rings. The molecule has 3 nitrogen and oxygen atoms in total. The maximum atomic E-state index is 14.8. The molecule has 0 aromatic heterocycles. The minimum atomic E-state index is -1.96. The lowest BCUT2D eigenvalue weighted by Crippen LogP contribution is -2.56. The maximum absolute atomic E-state index is 14.8. The first kappa shape index (κ1) is 17.7. The first-order valence-electron chi connectivity index (χ1n) is 6.64. The Morgan fingerprint density at radius 1 is 1.32 bits per heavy atom. The van der Waals surface area contributed by atoms with Gasteiger partial charge in [0.15, 0.2) is 5.67 Å². The molecule has 1 aliphatic heterocycles. The average Bonchev–Trinajstić information content (AvgIpc) is 2.36. The van der Waals surface area contributed by atoms with E-state index in [2.05, 4.69) is 4.72 Å². The molecule has 22 heavy (non-hydrogen) atoms. The Kier molecular flexibility index (Phi) is 4.92. The van der Waals surface area contributed by atoms with E-state index in [1.54, 1.807) is 20.8 Å². The lowest BCUT2D eigenvalue weighted by Gasteiger charge is -2.41. The second kappa shape index (κ2) is 6.11. The summed E-state index contributed by atoms with van der Waals surface area (Å²) in [7, 11) is -1.67. The lowest BCUT2D eigenvalue weighted by atomic mass is 9.89. The van der Waals surface area contributed by atoms with Gasteiger partial charge in [0.25, 0.3) is 0 Å². The van der Waals surface area contributed by atoms with E-state index in [0.29, 0.717) is 0 Å². The fraction of sp³-hybridized carbons (Fsp3) is 0.571. The Labute approximate surface area is 134 Å². The molecule has 124 valence electrons. The molecule has 1 heterocycles. The van der Waals surface area contributed by atoms with Crippen molar-refractivity contribution < 1.29 is 22.1 Å². The largest absolute Gasteiger partial charge is 0.374 e. The quantitative estimate of drug-likeness (QED) is 0.840. The van der Waals surface area contributed by atoms with E-state index < -0.39 is 44.1 Å². The van der Waals surface area contributed by atoms with Crippen molar-refractivity contribution in [1.82, 2.24) is 4.72 Å². The van der Waals surface area contributed by atoms with E-state index in [0.717, 1.165) is 12.1 Å². The van der Waals surface area contributed by atoms with Crippen LogP contribution in [0, 0.1) is 11.6 Å². The first-order valence-corrected chi connectivity index (χ1v) is 8.16. The maximum Gasteiger partial charge on any atom is 0.177 e. The normalized spacial score (nSPS) is 20.3. The molecule has 0 bridgehead atoms. The van der Waals surface area contributed by atoms with Gasteiger partial charge < -0.3 is 4.74 Å². The molecule has 0 amide bonds. The fourth-order valence-electron chi connectivity index (χ4n) is 1.95. The van der Waals surface area contributed by atoms with Crippen molar-refractivity contribution in [2.45, 2.75) is 37.2 Å². The monoisotopic (exact) mass is 355 g/mol. The number of rotatable bonds is 4. The standard InChI is InChI=1S/C14H17ClF3NO2S/c1-13(2,3)22(20)19-12(14(18)6-21-7-14)8-4-11(17)9(15)5-10(8)16/h4-5,12,19H,6-7H2,1-3H3/t12-,22+/m0/s1. The van der Waals surface area contributed by atoms with Gasteiger partial charge in [-0.3, -0.25) is 0 Å². The molecule has 1 saturated heterocycles. The molecule has 2 rings (SSSR count). The van der Waals surface area contributed by atoms with Gasteiger partial charge in [-0.25, -0.2) is 22.1 Å². The third kappa shape index (κ3) is 3.48. The molecule has 1 N–H and O–H groups in total. The highest BCUT2D eigenvalue weighted by Gasteiger charge is 2.49. The molecular formula is C14H17ClF3NO2S. The predicted molar refractivity (Wildman–Crippen MR) is 79.8 cm³/mol. The number of benzene rings is 1. The van der Waals surface area contributed by atoms with Crippen LogP contribution in [0.15, 0.2) is 12.1 Å². The van der Waals surface area contributed by atoms with E-state index in [1.807, 2.05) is 0 Å². The molecule has 1 fully saturated rings. The highest BCUT2D eigenvalue weighted by molar-refractivity contribution is 7.84. The van der Waals surface area contributed by atoms with Crippen molar-refractivity contribution in [3.8, 4) is 0 Å². The molecule has 1 aromatic carbocycles. The SMILES string of the molecule is CC(C)(C)[S@@](=O)N[C@@H](c1cc(F)c(Cl)cc1F)C1(F)COC1. The van der Waals surface area contributed by atoms with E-state index >= 15 is 0 Å². The van der Waals surface area contributed by atoms with E-state index in [4.69, 9.17) is 16.3 Å². The third-order valence-electron chi connectivity index (χ3n) is 3.33. The van der Waals surface area contributed by atoms with E-state index in [-0.39, 0.29) is 18.8 Å². The van der Waals surface area contributed by atoms with Gasteiger partial charge in [0.05, 0.1) is 40.0 Å². The van der Waals surface area contributed by atoms with Crippen LogP contribution in [0.1, 0.15) is 32.4 Å². The van der Waals surface area contributed by atoms with Gasteiger partial charge in [0.2, 0.25) is 0 Å². The number of hydrogen-bond donors (Lipinski definition) is 1. The van der Waals surface area contributed by atoms with Crippen LogP contribution < -0.4 is 4.72 Å². The molecular weight excluding hydrogens is 339 g/mol. The molecule has 0 spiro atoms. The van der Waals surface area contributed by atoms with Gasteiger partial charge in [-0.05, 0) is 32.9 Å². The van der Waals surface area contributed by atoms with Crippen molar-refractivity contribution in [2.24, 2.45) is 0 Å². The third-order valence-corrected chi connectivity index (χ3v) is 5.18. The zero-order valence-corrected chi connectivity index (χ0v) is 14.0. The number of halogens is 4. The van der Waals surface area contributed by atoms with Crippen LogP contribution in [0.3, 0.4) is 0 Å². The van der Waals surface area contributed by atoms with Crippen LogP contribution in [0.2, 0.25) is 5.02 Å². The summed E-state index contributed by atoms with van der Waals surface area (Å²) in [6.45, 7) is 4.50. The summed E-state index contributed by atoms with van der Waals surface area (Å²) < 4.78 is 61.5. The summed E-state index contributed by atoms with van der Waals surface area (Å²) >= 11 is 5.52. The number of hydrogen-bond acceptors (Lipinski definition) is 2. The zero-order valence-electron chi connectivity index (χ0n) is 12.4. The van der Waals surface area contributed by atoms with Gasteiger partial charge in [0, 0.05) is 5.56 Å². The predicted octanol–water partition coefficient (Wildman–Crippen LogP) is 3.45. The summed E-state index contributed by atoms with van der Waals surface area (Å²) in [6, 6.07) is 0.312. The molecule has 0 saturated carbocycles. The zero-order chi connectivity index (χ0) is 16.7. The second-order valence-electron chi connectivity index (χ2n) is 6.25. The molecule has 0 radical (unpaired) electrons. The van der Waals surface area contributed by atoms with E-state index in [1.165, 1.54) is 0 Å². The van der Waals surface area contributed by atoms with Crippen LogP contribution in [0.5, 0.6) is 0 Å². The fourth-order valence-corrected chi connectivity index (χ4v) is 3.01. The summed E-state index contributed by atoms with van der Waals surface area (Å²) in [5.41, 5.74) is -2.22. The summed E-state index contributed by atoms with van der Waals surface area (Å²) in [5.74, 6) is -1.73. The van der Waals surface area contributed by atoms with Crippen molar-refractivity contribution in [3.05, 3.63) is 34.4 Å². The minimum Gasteiger partial charge on any atom is -0.374 e. The Bertz CT molecular complexity index is 602. The highest BCUT2D eigenvalue weighted by Crippen LogP contribution is 2.39. The van der Waals surface area contributed by atoms with Gasteiger partial charge in [0.1, 0.15) is 11.6 Å². The average molecular weight is 356 g/mol. The number of alkyl halides is 1. The van der Waals surface area contributed by atoms with Gasteiger partial charge in [-0.1, -0.05) is 11.6 Å². The number of ether oxygens (including phenoxy) is 1. The second-order valence-corrected chi connectivity index (χ2v) is 8.65. The van der Waals surface area contributed by atoms with E-state index in [9.17, 15) is 17.4 Å². The van der Waals surface area contributed by atoms with Crippen molar-refractivity contribution in [2.75, 3.05) is 13.2 Å². The molecule has 0 aliphatic carbocycles. The summed E-state index contributed by atoms with van der Waals surface area (Å²) in [5, 5.41) is -0.394. The molecule has 1 aliphatic rings. The van der Waals surface area contributed by atoms with Crippen molar-refractivity contribution in [3.63, 3.8) is 0 Å². The van der Waals surface area contributed by atoms with Gasteiger partial charge in [-0.15, -0.1) is 0 Å². The van der Waals surface area contributed by atoms with Crippen molar-refractivity contribution in [1.29, 1.82) is 0 Å². The highest BCUT2D eigenvalue weighted by atomic mass is 35.5. The topological polar surface area (TPSA) is 38.3 Å². The first-order chi connectivity index (χ1) is 10.0. The Hall–Kier alpha value is -0.630. The number of nitrogens with one attached hydrogen (secondary N) is 1. The minimum absolute atomic E-state index is 0.259. The van der Waals surface area contributed by atoms with Crippen LogP contribution in [0.4, 0.5) is 13.2 Å². The smallest absolute Gasteiger partial charge is 0.177 e. The Balaban J connectivity index is 2.42. The summed E-state index contributed by atoms with van der Waals surface area (Å²) in [6.07, 6.45) is 0. The Morgan fingerprint density at radius 3 is 2.36 bits per heavy atom. The molecule has 8 heteroatoms.